The summed E-state index contributed by atoms with van der Waals surface area (Å²) < 4.78 is 5.25. The van der Waals surface area contributed by atoms with Gasteiger partial charge in [-0.05, 0) is 30.9 Å². The average Bonchev–Trinajstić information content (AvgIpc) is 3.02. The molecule has 0 saturated carbocycles. The molecule has 2 aliphatic rings. The molecule has 0 radical (unpaired) electrons. The van der Waals surface area contributed by atoms with Crippen LogP contribution >= 0.6 is 0 Å². The zero-order valence-electron chi connectivity index (χ0n) is 16.1. The van der Waals surface area contributed by atoms with E-state index in [1.54, 1.807) is 0 Å². The molecule has 0 spiro atoms. The minimum Gasteiger partial charge on any atom is -0.465 e. The van der Waals surface area contributed by atoms with Crippen molar-refractivity contribution >= 4 is 11.9 Å². The standard InChI is InChI=1S/C23H26N2O3/c1-2-28-23(27)21-19-14-13-18(15-24-21)25(19)22(26)20(16-9-5-3-6-10-16)17-11-7-4-8-12-17/h3-12,18-21,24H,2,13-15H2,1H3/t18-,19+,21+/m0/s1. The first kappa shape index (κ1) is 18.7. The number of benzene rings is 2. The minimum atomic E-state index is -0.449. The fourth-order valence-electron chi connectivity index (χ4n) is 4.57. The highest BCUT2D eigenvalue weighted by molar-refractivity contribution is 5.89. The molecule has 2 bridgehead atoms. The molecule has 2 fully saturated rings. The molecule has 2 saturated heterocycles. The van der Waals surface area contributed by atoms with Gasteiger partial charge in [0.1, 0.15) is 6.04 Å². The Kier molecular flexibility index (Phi) is 5.44. The minimum absolute atomic E-state index is 0.0701. The molecule has 2 aliphatic heterocycles. The number of carbonyl (C=O) groups excluding carboxylic acids is 2. The van der Waals surface area contributed by atoms with Gasteiger partial charge in [-0.1, -0.05) is 60.7 Å². The number of piperazine rings is 1. The summed E-state index contributed by atoms with van der Waals surface area (Å²) in [6, 6.07) is 19.3. The van der Waals surface area contributed by atoms with Crippen molar-refractivity contribution in [2.45, 2.75) is 43.8 Å². The van der Waals surface area contributed by atoms with E-state index in [0.29, 0.717) is 13.2 Å². The SMILES string of the molecule is CCOC(=O)[C@@H]1NC[C@@H]2CC[C@H]1N2C(=O)C(c1ccccc1)c1ccccc1. The second kappa shape index (κ2) is 8.15. The smallest absolute Gasteiger partial charge is 0.325 e. The Bertz CT molecular complexity index is 785. The summed E-state index contributed by atoms with van der Waals surface area (Å²) in [7, 11) is 0. The number of hydrogen-bond donors (Lipinski definition) is 1. The van der Waals surface area contributed by atoms with Crippen LogP contribution in [-0.2, 0) is 14.3 Å². The van der Waals surface area contributed by atoms with E-state index in [2.05, 4.69) is 5.32 Å². The molecular weight excluding hydrogens is 352 g/mol. The van der Waals surface area contributed by atoms with Gasteiger partial charge in [0.15, 0.2) is 0 Å². The Labute approximate surface area is 165 Å². The van der Waals surface area contributed by atoms with E-state index in [1.165, 1.54) is 0 Å². The molecule has 2 aromatic rings. The molecular formula is C23H26N2O3. The molecule has 3 atom stereocenters. The monoisotopic (exact) mass is 378 g/mol. The second-order valence-corrected chi connectivity index (χ2v) is 7.44. The summed E-state index contributed by atoms with van der Waals surface area (Å²) in [6.07, 6.45) is 1.73. The predicted octanol–water partition coefficient (Wildman–Crippen LogP) is 2.71. The quantitative estimate of drug-likeness (QED) is 0.813. The Morgan fingerprint density at radius 2 is 1.64 bits per heavy atom. The van der Waals surface area contributed by atoms with Crippen LogP contribution in [0.15, 0.2) is 60.7 Å². The first-order valence-electron chi connectivity index (χ1n) is 10.0. The average molecular weight is 378 g/mol. The highest BCUT2D eigenvalue weighted by Gasteiger charge is 2.49. The van der Waals surface area contributed by atoms with E-state index in [9.17, 15) is 9.59 Å². The number of carbonyl (C=O) groups is 2. The van der Waals surface area contributed by atoms with Crippen LogP contribution in [0, 0.1) is 0 Å². The van der Waals surface area contributed by atoms with Crippen LogP contribution in [0.4, 0.5) is 0 Å². The maximum atomic E-state index is 13.8. The third-order valence-corrected chi connectivity index (χ3v) is 5.81. The van der Waals surface area contributed by atoms with Crippen molar-refractivity contribution < 1.29 is 14.3 Å². The Morgan fingerprint density at radius 3 is 2.21 bits per heavy atom. The molecule has 5 nitrogen and oxygen atoms in total. The topological polar surface area (TPSA) is 58.6 Å². The summed E-state index contributed by atoms with van der Waals surface area (Å²) >= 11 is 0. The van der Waals surface area contributed by atoms with E-state index in [1.807, 2.05) is 72.5 Å². The normalized spacial score (nSPS) is 23.6. The summed E-state index contributed by atoms with van der Waals surface area (Å²) in [4.78, 5) is 28.2. The van der Waals surface area contributed by atoms with Crippen LogP contribution in [0.3, 0.4) is 0 Å². The lowest BCUT2D eigenvalue weighted by molar-refractivity contribution is -0.151. The van der Waals surface area contributed by atoms with Gasteiger partial charge in [0, 0.05) is 12.6 Å². The predicted molar refractivity (Wildman–Crippen MR) is 107 cm³/mol. The van der Waals surface area contributed by atoms with Gasteiger partial charge in [0.25, 0.3) is 0 Å². The number of rotatable bonds is 5. The maximum absolute atomic E-state index is 13.8. The Hall–Kier alpha value is -2.66. The number of amides is 1. The van der Waals surface area contributed by atoms with Crippen LogP contribution < -0.4 is 5.32 Å². The van der Waals surface area contributed by atoms with Gasteiger partial charge in [-0.25, -0.2) is 0 Å². The summed E-state index contributed by atoms with van der Waals surface area (Å²) in [6.45, 7) is 2.78. The second-order valence-electron chi connectivity index (χ2n) is 7.44. The zero-order chi connectivity index (χ0) is 19.5. The fourth-order valence-corrected chi connectivity index (χ4v) is 4.57. The van der Waals surface area contributed by atoms with E-state index in [-0.39, 0.29) is 29.9 Å². The van der Waals surface area contributed by atoms with Crippen molar-refractivity contribution in [3.8, 4) is 0 Å². The van der Waals surface area contributed by atoms with Crippen LogP contribution in [-0.4, -0.2) is 48.1 Å². The molecule has 0 unspecified atom stereocenters. The number of fused-ring (bicyclic) bond motifs is 2. The van der Waals surface area contributed by atoms with Gasteiger partial charge in [0.05, 0.1) is 18.6 Å². The molecule has 2 heterocycles. The van der Waals surface area contributed by atoms with Crippen molar-refractivity contribution in [2.24, 2.45) is 0 Å². The molecule has 0 aliphatic carbocycles. The molecule has 1 amide bonds. The Balaban J connectivity index is 1.68. The van der Waals surface area contributed by atoms with Gasteiger partial charge in [-0.2, -0.15) is 0 Å². The number of hydrogen-bond acceptors (Lipinski definition) is 4. The largest absolute Gasteiger partial charge is 0.465 e. The lowest BCUT2D eigenvalue weighted by atomic mass is 9.89. The van der Waals surface area contributed by atoms with Crippen molar-refractivity contribution in [2.75, 3.05) is 13.2 Å². The van der Waals surface area contributed by atoms with E-state index in [4.69, 9.17) is 4.74 Å². The third kappa shape index (κ3) is 3.42. The van der Waals surface area contributed by atoms with Crippen LogP contribution in [0.25, 0.3) is 0 Å². The molecule has 5 heteroatoms. The number of nitrogens with one attached hydrogen (secondary N) is 1. The van der Waals surface area contributed by atoms with E-state index >= 15 is 0 Å². The van der Waals surface area contributed by atoms with Crippen molar-refractivity contribution in [3.63, 3.8) is 0 Å². The van der Waals surface area contributed by atoms with Crippen molar-refractivity contribution in [3.05, 3.63) is 71.8 Å². The van der Waals surface area contributed by atoms with Crippen molar-refractivity contribution in [1.29, 1.82) is 0 Å². The number of nitrogens with zero attached hydrogens (tertiary/aromatic N) is 1. The molecule has 4 rings (SSSR count). The van der Waals surface area contributed by atoms with E-state index < -0.39 is 6.04 Å². The fraction of sp³-hybridized carbons (Fsp3) is 0.391. The molecule has 146 valence electrons. The number of ether oxygens (including phenoxy) is 1. The summed E-state index contributed by atoms with van der Waals surface area (Å²) in [5.74, 6) is -0.561. The van der Waals surface area contributed by atoms with Crippen LogP contribution in [0.5, 0.6) is 0 Å². The third-order valence-electron chi connectivity index (χ3n) is 5.81. The zero-order valence-corrected chi connectivity index (χ0v) is 16.1. The molecule has 2 aromatic carbocycles. The Morgan fingerprint density at radius 1 is 1.04 bits per heavy atom. The lowest BCUT2D eigenvalue weighted by Crippen LogP contribution is -2.63. The maximum Gasteiger partial charge on any atom is 0.325 e. The molecule has 1 N–H and O–H groups in total. The van der Waals surface area contributed by atoms with Gasteiger partial charge < -0.3 is 15.0 Å². The van der Waals surface area contributed by atoms with Crippen LogP contribution in [0.1, 0.15) is 36.8 Å². The molecule has 0 aromatic heterocycles. The first-order chi connectivity index (χ1) is 13.7. The van der Waals surface area contributed by atoms with Crippen LogP contribution in [0.2, 0.25) is 0 Å². The summed E-state index contributed by atoms with van der Waals surface area (Å²) in [5.41, 5.74) is 1.95. The van der Waals surface area contributed by atoms with E-state index in [0.717, 1.165) is 24.0 Å². The lowest BCUT2D eigenvalue weighted by Gasteiger charge is -2.41. The summed E-state index contributed by atoms with van der Waals surface area (Å²) in [5, 5.41) is 3.30. The molecule has 28 heavy (non-hydrogen) atoms. The van der Waals surface area contributed by atoms with Gasteiger partial charge in [-0.3, -0.25) is 9.59 Å². The van der Waals surface area contributed by atoms with Crippen molar-refractivity contribution in [1.82, 2.24) is 10.2 Å². The highest BCUT2D eigenvalue weighted by Crippen LogP contribution is 2.36. The first-order valence-corrected chi connectivity index (χ1v) is 10.0. The van der Waals surface area contributed by atoms with Gasteiger partial charge >= 0.3 is 5.97 Å². The highest BCUT2D eigenvalue weighted by atomic mass is 16.5. The number of esters is 1. The van der Waals surface area contributed by atoms with Gasteiger partial charge in [-0.15, -0.1) is 0 Å². The van der Waals surface area contributed by atoms with Gasteiger partial charge in [0.2, 0.25) is 5.91 Å².